The van der Waals surface area contributed by atoms with E-state index < -0.39 is 0 Å². The van der Waals surface area contributed by atoms with Crippen LogP contribution in [0.15, 0.2) is 84.8 Å². The Labute approximate surface area is 160 Å². The summed E-state index contributed by atoms with van der Waals surface area (Å²) in [7, 11) is 0. The van der Waals surface area contributed by atoms with Crippen LogP contribution >= 0.6 is 0 Å². The molecule has 0 radical (unpaired) electrons. The van der Waals surface area contributed by atoms with Crippen molar-refractivity contribution in [2.24, 2.45) is 0 Å². The maximum atomic E-state index is 12.7. The van der Waals surface area contributed by atoms with Crippen molar-refractivity contribution in [2.45, 2.75) is 26.7 Å². The molecule has 0 N–H and O–H groups in total. The van der Waals surface area contributed by atoms with E-state index in [1.165, 1.54) is 0 Å². The number of ether oxygens (including phenoxy) is 1. The monoisotopic (exact) mass is 357 g/mol. The van der Waals surface area contributed by atoms with Gasteiger partial charge in [0.1, 0.15) is 11.5 Å². The summed E-state index contributed by atoms with van der Waals surface area (Å²) >= 11 is 0. The van der Waals surface area contributed by atoms with Gasteiger partial charge in [0.2, 0.25) is 0 Å². The van der Waals surface area contributed by atoms with Gasteiger partial charge in [0.05, 0.1) is 5.52 Å². The number of allylic oxidation sites excluding steroid dienone is 3. The van der Waals surface area contributed by atoms with Gasteiger partial charge in [0.25, 0.3) is 0 Å². The number of Topliss-reactive ketones (excluding diaryl/α,β-unsaturated/α-hetero) is 1. The number of ketones is 1. The number of fused-ring (bicyclic) bond motifs is 1. The average molecular weight is 357 g/mol. The smallest absolute Gasteiger partial charge is 0.167 e. The minimum Gasteiger partial charge on any atom is -0.458 e. The van der Waals surface area contributed by atoms with Crippen LogP contribution in [0, 0.1) is 0 Å². The number of aromatic nitrogens is 1. The molecule has 0 aliphatic rings. The minimum absolute atomic E-state index is 0.0787. The van der Waals surface area contributed by atoms with Crippen molar-refractivity contribution in [2.75, 3.05) is 0 Å². The van der Waals surface area contributed by atoms with Crippen molar-refractivity contribution in [1.29, 1.82) is 0 Å². The first kappa shape index (κ1) is 18.6. The molecular weight excluding hydrogens is 334 g/mol. The van der Waals surface area contributed by atoms with Crippen LogP contribution in [-0.2, 0) is 6.42 Å². The SMILES string of the molecule is C/C=C(\C=C/CC)Oc1cccc(CC(=O)c2ccc3ncccc3c2)c1. The maximum Gasteiger partial charge on any atom is 0.167 e. The molecule has 0 saturated carbocycles. The first-order chi connectivity index (χ1) is 13.2. The lowest BCUT2D eigenvalue weighted by Crippen LogP contribution is -2.04. The molecule has 27 heavy (non-hydrogen) atoms. The Morgan fingerprint density at radius 2 is 2.00 bits per heavy atom. The van der Waals surface area contributed by atoms with E-state index in [0.717, 1.165) is 34.4 Å². The summed E-state index contributed by atoms with van der Waals surface area (Å²) in [6.45, 7) is 4.02. The normalized spacial score (nSPS) is 11.9. The highest BCUT2D eigenvalue weighted by Crippen LogP contribution is 2.20. The molecule has 1 heterocycles. The summed E-state index contributed by atoms with van der Waals surface area (Å²) in [5.41, 5.74) is 2.52. The first-order valence-corrected chi connectivity index (χ1v) is 9.17. The highest BCUT2D eigenvalue weighted by atomic mass is 16.5. The van der Waals surface area contributed by atoms with Crippen LogP contribution in [0.25, 0.3) is 10.9 Å². The second-order valence-corrected chi connectivity index (χ2v) is 6.26. The topological polar surface area (TPSA) is 39.2 Å². The van der Waals surface area contributed by atoms with Crippen molar-refractivity contribution < 1.29 is 9.53 Å². The van der Waals surface area contributed by atoms with Gasteiger partial charge in [-0.2, -0.15) is 0 Å². The molecule has 2 aromatic carbocycles. The zero-order valence-corrected chi connectivity index (χ0v) is 15.7. The molecule has 0 saturated heterocycles. The molecule has 0 aliphatic heterocycles. The van der Waals surface area contributed by atoms with E-state index in [4.69, 9.17) is 4.74 Å². The largest absolute Gasteiger partial charge is 0.458 e. The molecule has 3 aromatic rings. The van der Waals surface area contributed by atoms with Gasteiger partial charge in [-0.15, -0.1) is 0 Å². The van der Waals surface area contributed by atoms with Gasteiger partial charge < -0.3 is 4.74 Å². The fourth-order valence-electron chi connectivity index (χ4n) is 2.81. The third kappa shape index (κ3) is 4.91. The fraction of sp³-hybridized carbons (Fsp3) is 0.167. The highest BCUT2D eigenvalue weighted by molar-refractivity contribution is 6.00. The predicted molar refractivity (Wildman–Crippen MR) is 110 cm³/mol. The number of hydrogen-bond donors (Lipinski definition) is 0. The summed E-state index contributed by atoms with van der Waals surface area (Å²) in [6, 6.07) is 17.2. The molecule has 0 unspecified atom stereocenters. The summed E-state index contributed by atoms with van der Waals surface area (Å²) in [6.07, 6.45) is 8.98. The van der Waals surface area contributed by atoms with E-state index >= 15 is 0 Å². The first-order valence-electron chi connectivity index (χ1n) is 9.17. The van der Waals surface area contributed by atoms with E-state index in [9.17, 15) is 4.79 Å². The number of benzene rings is 2. The summed E-state index contributed by atoms with van der Waals surface area (Å²) < 4.78 is 5.91. The Morgan fingerprint density at radius 3 is 2.81 bits per heavy atom. The number of rotatable bonds is 7. The van der Waals surface area contributed by atoms with Gasteiger partial charge in [-0.05, 0) is 67.5 Å². The molecule has 0 amide bonds. The lowest BCUT2D eigenvalue weighted by atomic mass is 10.0. The number of carbonyl (C=O) groups excluding carboxylic acids is 1. The summed E-state index contributed by atoms with van der Waals surface area (Å²) in [5.74, 6) is 1.61. The van der Waals surface area contributed by atoms with Crippen molar-refractivity contribution in [3.05, 3.63) is 95.9 Å². The van der Waals surface area contributed by atoms with Crippen molar-refractivity contribution in [3.8, 4) is 5.75 Å². The Kier molecular flexibility index (Phi) is 6.16. The van der Waals surface area contributed by atoms with Crippen LogP contribution < -0.4 is 4.74 Å². The predicted octanol–water partition coefficient (Wildman–Crippen LogP) is 5.91. The zero-order chi connectivity index (χ0) is 19.1. The van der Waals surface area contributed by atoms with Crippen molar-refractivity contribution >= 4 is 16.7 Å². The second-order valence-electron chi connectivity index (χ2n) is 6.26. The van der Waals surface area contributed by atoms with E-state index in [1.54, 1.807) is 6.20 Å². The lowest BCUT2D eigenvalue weighted by molar-refractivity contribution is 0.0993. The van der Waals surface area contributed by atoms with E-state index in [-0.39, 0.29) is 5.78 Å². The van der Waals surface area contributed by atoms with Crippen molar-refractivity contribution in [3.63, 3.8) is 0 Å². The number of pyridine rings is 1. The van der Waals surface area contributed by atoms with Gasteiger partial charge in [-0.1, -0.05) is 31.2 Å². The van der Waals surface area contributed by atoms with E-state index in [2.05, 4.69) is 18.0 Å². The van der Waals surface area contributed by atoms with Gasteiger partial charge in [0, 0.05) is 23.6 Å². The molecule has 0 aliphatic carbocycles. The molecule has 1 aromatic heterocycles. The zero-order valence-electron chi connectivity index (χ0n) is 15.7. The summed E-state index contributed by atoms with van der Waals surface area (Å²) in [5, 5.41) is 0.973. The van der Waals surface area contributed by atoms with Crippen LogP contribution in [0.4, 0.5) is 0 Å². The van der Waals surface area contributed by atoms with Gasteiger partial charge in [-0.25, -0.2) is 0 Å². The third-order valence-electron chi connectivity index (χ3n) is 4.23. The van der Waals surface area contributed by atoms with E-state index in [0.29, 0.717) is 12.0 Å². The minimum atomic E-state index is 0.0787. The van der Waals surface area contributed by atoms with E-state index in [1.807, 2.05) is 73.7 Å². The Balaban J connectivity index is 1.74. The van der Waals surface area contributed by atoms with Gasteiger partial charge >= 0.3 is 0 Å². The van der Waals surface area contributed by atoms with Crippen LogP contribution in [0.5, 0.6) is 5.75 Å². The molecule has 3 heteroatoms. The van der Waals surface area contributed by atoms with Crippen LogP contribution in [0.2, 0.25) is 0 Å². The number of nitrogens with zero attached hydrogens (tertiary/aromatic N) is 1. The summed E-state index contributed by atoms with van der Waals surface area (Å²) in [4.78, 5) is 17.0. The average Bonchev–Trinajstić information content (AvgIpc) is 2.71. The molecule has 0 spiro atoms. The maximum absolute atomic E-state index is 12.7. The Morgan fingerprint density at radius 1 is 1.11 bits per heavy atom. The molecule has 0 bridgehead atoms. The van der Waals surface area contributed by atoms with Crippen molar-refractivity contribution in [1.82, 2.24) is 4.98 Å². The van der Waals surface area contributed by atoms with Crippen LogP contribution in [0.1, 0.15) is 36.2 Å². The van der Waals surface area contributed by atoms with Crippen LogP contribution in [-0.4, -0.2) is 10.8 Å². The molecule has 136 valence electrons. The lowest BCUT2D eigenvalue weighted by Gasteiger charge is -2.08. The Bertz CT molecular complexity index is 1000. The fourth-order valence-corrected chi connectivity index (χ4v) is 2.81. The van der Waals surface area contributed by atoms with Crippen LogP contribution in [0.3, 0.4) is 0 Å². The number of carbonyl (C=O) groups is 1. The van der Waals surface area contributed by atoms with Gasteiger partial charge in [0.15, 0.2) is 5.78 Å². The second kappa shape index (κ2) is 8.95. The third-order valence-corrected chi connectivity index (χ3v) is 4.23. The number of hydrogen-bond acceptors (Lipinski definition) is 3. The highest BCUT2D eigenvalue weighted by Gasteiger charge is 2.09. The Hall–Kier alpha value is -3.20. The van der Waals surface area contributed by atoms with Gasteiger partial charge in [-0.3, -0.25) is 9.78 Å². The molecular formula is C24H23NO2. The quantitative estimate of drug-likeness (QED) is 0.300. The molecule has 3 nitrogen and oxygen atoms in total. The molecule has 3 rings (SSSR count). The molecule has 0 fully saturated rings. The molecule has 0 atom stereocenters. The standard InChI is InChI=1S/C24H23NO2/c1-3-5-10-21(4-2)27-22-11-6-8-18(15-22)16-24(26)20-12-13-23-19(17-20)9-7-14-25-23/h4-15,17H,3,16H2,1-2H3/b10-5-,21-4+.